The molecule has 28 heavy (non-hydrogen) atoms. The summed E-state index contributed by atoms with van der Waals surface area (Å²) in [7, 11) is 0. The Morgan fingerprint density at radius 2 is 1.68 bits per heavy atom. The van der Waals surface area contributed by atoms with E-state index < -0.39 is 17.6 Å². The molecule has 6 heteroatoms. The molecular formula is C22H16F4N2. The van der Waals surface area contributed by atoms with Crippen LogP contribution in [0.5, 0.6) is 0 Å². The van der Waals surface area contributed by atoms with Gasteiger partial charge in [0.1, 0.15) is 11.3 Å². The minimum atomic E-state index is -4.51. The van der Waals surface area contributed by atoms with E-state index in [0.29, 0.717) is 16.6 Å². The van der Waals surface area contributed by atoms with Crippen LogP contribution in [0, 0.1) is 12.7 Å². The highest BCUT2D eigenvalue weighted by atomic mass is 19.4. The van der Waals surface area contributed by atoms with Gasteiger partial charge in [0, 0.05) is 10.9 Å². The van der Waals surface area contributed by atoms with Crippen LogP contribution in [0.3, 0.4) is 0 Å². The van der Waals surface area contributed by atoms with Gasteiger partial charge >= 0.3 is 6.18 Å². The van der Waals surface area contributed by atoms with Crippen LogP contribution in [0.15, 0.2) is 66.7 Å². The van der Waals surface area contributed by atoms with Gasteiger partial charge in [-0.05, 0) is 36.2 Å². The number of fused-ring (bicyclic) bond motifs is 1. The van der Waals surface area contributed by atoms with Crippen molar-refractivity contribution in [3.63, 3.8) is 0 Å². The molecule has 0 fully saturated rings. The van der Waals surface area contributed by atoms with Gasteiger partial charge in [-0.15, -0.1) is 0 Å². The molecule has 2 nitrogen and oxygen atoms in total. The largest absolute Gasteiger partial charge is 0.418 e. The summed E-state index contributed by atoms with van der Waals surface area (Å²) in [6, 6.07) is 17.6. The van der Waals surface area contributed by atoms with Crippen LogP contribution in [0.25, 0.3) is 22.2 Å². The van der Waals surface area contributed by atoms with E-state index in [-0.39, 0.29) is 12.1 Å². The maximum atomic E-state index is 13.7. The van der Waals surface area contributed by atoms with Gasteiger partial charge in [-0.3, -0.25) is 4.68 Å². The van der Waals surface area contributed by atoms with Crippen molar-refractivity contribution < 1.29 is 17.6 Å². The van der Waals surface area contributed by atoms with Gasteiger partial charge in [-0.25, -0.2) is 4.39 Å². The SMILES string of the molecule is Cc1ccc(F)cc1Cn1nc2c(C(F)(F)F)cccc2c1-c1ccccc1. The molecule has 4 aromatic rings. The highest BCUT2D eigenvalue weighted by Crippen LogP contribution is 2.38. The standard InChI is InChI=1S/C22H16F4N2/c1-14-10-11-17(23)12-16(14)13-28-21(15-6-3-2-4-7-15)18-8-5-9-19(20(18)27-28)22(24,25)26/h2-12H,13H2,1H3. The van der Waals surface area contributed by atoms with Gasteiger partial charge in [0.05, 0.1) is 17.8 Å². The predicted octanol–water partition coefficient (Wildman–Crippen LogP) is 6.22. The summed E-state index contributed by atoms with van der Waals surface area (Å²) in [5.74, 6) is -0.394. The average Bonchev–Trinajstić information content (AvgIpc) is 3.02. The molecule has 4 rings (SSSR count). The highest BCUT2D eigenvalue weighted by molar-refractivity contribution is 5.95. The van der Waals surface area contributed by atoms with Crippen LogP contribution >= 0.6 is 0 Å². The predicted molar refractivity (Wildman–Crippen MR) is 100 cm³/mol. The van der Waals surface area contributed by atoms with Gasteiger partial charge in [-0.2, -0.15) is 18.3 Å². The number of halogens is 4. The van der Waals surface area contributed by atoms with Crippen molar-refractivity contribution in [2.45, 2.75) is 19.6 Å². The number of aromatic nitrogens is 2. The summed E-state index contributed by atoms with van der Waals surface area (Å²) < 4.78 is 55.8. The molecule has 0 N–H and O–H groups in total. The molecule has 0 atom stereocenters. The van der Waals surface area contributed by atoms with Crippen molar-refractivity contribution >= 4 is 10.9 Å². The normalized spacial score (nSPS) is 11.9. The first-order valence-electron chi connectivity index (χ1n) is 8.72. The fourth-order valence-corrected chi connectivity index (χ4v) is 3.37. The molecule has 3 aromatic carbocycles. The van der Waals surface area contributed by atoms with Crippen molar-refractivity contribution in [3.8, 4) is 11.3 Å². The third-order valence-corrected chi connectivity index (χ3v) is 4.75. The molecule has 0 amide bonds. The molecule has 0 radical (unpaired) electrons. The lowest BCUT2D eigenvalue weighted by Gasteiger charge is -2.10. The second-order valence-electron chi connectivity index (χ2n) is 6.64. The molecular weight excluding hydrogens is 368 g/mol. The van der Waals surface area contributed by atoms with E-state index in [1.165, 1.54) is 22.9 Å². The van der Waals surface area contributed by atoms with Gasteiger partial charge in [0.25, 0.3) is 0 Å². The van der Waals surface area contributed by atoms with Crippen molar-refractivity contribution in [2.75, 3.05) is 0 Å². The summed E-state index contributed by atoms with van der Waals surface area (Å²) in [6.45, 7) is 2.00. The number of rotatable bonds is 3. The zero-order valence-corrected chi connectivity index (χ0v) is 15.0. The monoisotopic (exact) mass is 384 g/mol. The van der Waals surface area contributed by atoms with E-state index in [1.54, 1.807) is 12.1 Å². The van der Waals surface area contributed by atoms with Gasteiger partial charge in [0.2, 0.25) is 0 Å². The molecule has 1 aromatic heterocycles. The summed E-state index contributed by atoms with van der Waals surface area (Å²) in [5, 5.41) is 4.71. The lowest BCUT2D eigenvalue weighted by molar-refractivity contribution is -0.136. The van der Waals surface area contributed by atoms with Crippen LogP contribution in [-0.4, -0.2) is 9.78 Å². The van der Waals surface area contributed by atoms with E-state index in [2.05, 4.69) is 5.10 Å². The van der Waals surface area contributed by atoms with E-state index in [0.717, 1.165) is 17.2 Å². The molecule has 0 aliphatic rings. The molecule has 0 saturated heterocycles. The molecule has 0 bridgehead atoms. The Labute approximate surface area is 159 Å². The summed E-state index contributed by atoms with van der Waals surface area (Å²) in [5.41, 5.74) is 1.94. The van der Waals surface area contributed by atoms with Crippen LogP contribution in [0.2, 0.25) is 0 Å². The van der Waals surface area contributed by atoms with Crippen LogP contribution < -0.4 is 0 Å². The fraction of sp³-hybridized carbons (Fsp3) is 0.136. The first-order chi connectivity index (χ1) is 13.3. The second kappa shape index (κ2) is 6.78. The summed E-state index contributed by atoms with van der Waals surface area (Å²) in [4.78, 5) is 0. The number of hydrogen-bond acceptors (Lipinski definition) is 1. The number of alkyl halides is 3. The van der Waals surface area contributed by atoms with E-state index in [9.17, 15) is 17.6 Å². The van der Waals surface area contributed by atoms with Crippen LogP contribution in [-0.2, 0) is 12.7 Å². The van der Waals surface area contributed by atoms with Gasteiger partial charge in [0.15, 0.2) is 0 Å². The van der Waals surface area contributed by atoms with Crippen molar-refractivity contribution in [2.24, 2.45) is 0 Å². The number of benzene rings is 3. The van der Waals surface area contributed by atoms with Gasteiger partial charge in [-0.1, -0.05) is 48.5 Å². The van der Waals surface area contributed by atoms with E-state index in [4.69, 9.17) is 0 Å². The molecule has 0 aliphatic carbocycles. The zero-order chi connectivity index (χ0) is 19.9. The number of nitrogens with zero attached hydrogens (tertiary/aromatic N) is 2. The maximum absolute atomic E-state index is 13.7. The second-order valence-corrected chi connectivity index (χ2v) is 6.64. The summed E-state index contributed by atoms with van der Waals surface area (Å²) in [6.07, 6.45) is -4.51. The van der Waals surface area contributed by atoms with Gasteiger partial charge < -0.3 is 0 Å². The van der Waals surface area contributed by atoms with Crippen LogP contribution in [0.4, 0.5) is 17.6 Å². The third-order valence-electron chi connectivity index (χ3n) is 4.75. The minimum absolute atomic E-state index is 0.108. The molecule has 0 unspecified atom stereocenters. The van der Waals surface area contributed by atoms with Crippen molar-refractivity contribution in [3.05, 3.63) is 89.2 Å². The Kier molecular flexibility index (Phi) is 4.41. The van der Waals surface area contributed by atoms with E-state index in [1.807, 2.05) is 37.3 Å². The fourth-order valence-electron chi connectivity index (χ4n) is 3.37. The van der Waals surface area contributed by atoms with Crippen molar-refractivity contribution in [1.29, 1.82) is 0 Å². The minimum Gasteiger partial charge on any atom is -0.259 e. The Hall–Kier alpha value is -3.15. The highest BCUT2D eigenvalue weighted by Gasteiger charge is 2.34. The Bertz CT molecular complexity index is 1140. The Morgan fingerprint density at radius 3 is 2.39 bits per heavy atom. The maximum Gasteiger partial charge on any atom is 0.418 e. The smallest absolute Gasteiger partial charge is 0.259 e. The molecule has 1 heterocycles. The first-order valence-corrected chi connectivity index (χ1v) is 8.72. The van der Waals surface area contributed by atoms with E-state index >= 15 is 0 Å². The number of hydrogen-bond donors (Lipinski definition) is 0. The Morgan fingerprint density at radius 1 is 0.929 bits per heavy atom. The Balaban J connectivity index is 1.98. The third kappa shape index (κ3) is 3.26. The quantitative estimate of drug-likeness (QED) is 0.384. The first kappa shape index (κ1) is 18.2. The molecule has 0 spiro atoms. The van der Waals surface area contributed by atoms with Crippen LogP contribution in [0.1, 0.15) is 16.7 Å². The molecule has 0 saturated carbocycles. The topological polar surface area (TPSA) is 17.8 Å². The molecule has 142 valence electrons. The molecule has 0 aliphatic heterocycles. The summed E-state index contributed by atoms with van der Waals surface area (Å²) >= 11 is 0. The zero-order valence-electron chi connectivity index (χ0n) is 15.0. The number of aryl methyl sites for hydroxylation is 1. The lowest BCUT2D eigenvalue weighted by atomic mass is 10.0. The van der Waals surface area contributed by atoms with Crippen molar-refractivity contribution in [1.82, 2.24) is 9.78 Å². The average molecular weight is 384 g/mol. The lowest BCUT2D eigenvalue weighted by Crippen LogP contribution is -2.07.